The van der Waals surface area contributed by atoms with Crippen LogP contribution in [0.5, 0.6) is 0 Å². The van der Waals surface area contributed by atoms with Gasteiger partial charge in [0, 0.05) is 42.6 Å². The van der Waals surface area contributed by atoms with Gasteiger partial charge in [0.1, 0.15) is 18.0 Å². The summed E-state index contributed by atoms with van der Waals surface area (Å²) in [6, 6.07) is 4.05. The number of likely N-dealkylation sites (tertiary alicyclic amines) is 1. The number of piperidine rings is 1. The minimum atomic E-state index is 0.660. The predicted molar refractivity (Wildman–Crippen MR) is 97.6 cm³/mol. The first kappa shape index (κ1) is 16.6. The first-order chi connectivity index (χ1) is 12.8. The maximum absolute atomic E-state index is 4.44. The fourth-order valence-corrected chi connectivity index (χ4v) is 3.33. The van der Waals surface area contributed by atoms with Crippen LogP contribution in [0.2, 0.25) is 0 Å². The quantitative estimate of drug-likeness (QED) is 0.703. The number of hydrogen-bond acceptors (Lipinski definition) is 7. The van der Waals surface area contributed by atoms with Crippen molar-refractivity contribution in [2.45, 2.75) is 25.8 Å². The van der Waals surface area contributed by atoms with Crippen LogP contribution in [0.4, 0.5) is 11.6 Å². The minimum absolute atomic E-state index is 0.660. The highest BCUT2D eigenvalue weighted by Gasteiger charge is 2.20. The molecule has 4 heterocycles. The first-order valence-corrected chi connectivity index (χ1v) is 8.90. The molecule has 8 heteroatoms. The minimum Gasteiger partial charge on any atom is -0.324 e. The lowest BCUT2D eigenvalue weighted by molar-refractivity contribution is 0.175. The molecule has 0 atom stereocenters. The number of aromatic amines is 1. The van der Waals surface area contributed by atoms with E-state index in [1.165, 1.54) is 18.5 Å². The molecule has 4 rings (SSSR count). The van der Waals surface area contributed by atoms with Crippen LogP contribution in [0.3, 0.4) is 0 Å². The maximum Gasteiger partial charge on any atom is 0.150 e. The molecule has 26 heavy (non-hydrogen) atoms. The first-order valence-electron chi connectivity index (χ1n) is 8.90. The highest BCUT2D eigenvalue weighted by atomic mass is 15.2. The molecule has 8 nitrogen and oxygen atoms in total. The van der Waals surface area contributed by atoms with Gasteiger partial charge < -0.3 is 5.32 Å². The summed E-state index contributed by atoms with van der Waals surface area (Å²) < 4.78 is 0. The Kier molecular flexibility index (Phi) is 5.11. The van der Waals surface area contributed by atoms with E-state index in [9.17, 15) is 0 Å². The van der Waals surface area contributed by atoms with E-state index in [-0.39, 0.29) is 0 Å². The molecule has 0 amide bonds. The molecule has 1 fully saturated rings. The second-order valence-corrected chi connectivity index (χ2v) is 6.62. The number of rotatable bonds is 6. The average Bonchev–Trinajstić information content (AvgIpc) is 3.18. The highest BCUT2D eigenvalue weighted by molar-refractivity contribution is 5.49. The van der Waals surface area contributed by atoms with Gasteiger partial charge in [-0.05, 0) is 44.3 Å². The van der Waals surface area contributed by atoms with Gasteiger partial charge in [-0.25, -0.2) is 15.0 Å². The summed E-state index contributed by atoms with van der Waals surface area (Å²) in [6.07, 6.45) is 11.8. The van der Waals surface area contributed by atoms with Crippen LogP contribution >= 0.6 is 0 Å². The van der Waals surface area contributed by atoms with Crippen LogP contribution in [-0.4, -0.2) is 48.1 Å². The fraction of sp³-hybridized carbons (Fsp3) is 0.389. The third kappa shape index (κ3) is 4.40. The zero-order valence-corrected chi connectivity index (χ0v) is 14.5. The highest BCUT2D eigenvalue weighted by Crippen LogP contribution is 2.22. The number of hydrogen-bond donors (Lipinski definition) is 2. The third-order valence-corrected chi connectivity index (χ3v) is 4.70. The lowest BCUT2D eigenvalue weighted by Gasteiger charge is -2.31. The van der Waals surface area contributed by atoms with Gasteiger partial charge in [0.2, 0.25) is 0 Å². The van der Waals surface area contributed by atoms with Crippen molar-refractivity contribution in [1.82, 2.24) is 35.0 Å². The van der Waals surface area contributed by atoms with E-state index >= 15 is 0 Å². The van der Waals surface area contributed by atoms with Crippen molar-refractivity contribution in [2.75, 3.05) is 18.4 Å². The van der Waals surface area contributed by atoms with Gasteiger partial charge in [0.25, 0.3) is 0 Å². The van der Waals surface area contributed by atoms with Crippen molar-refractivity contribution in [3.8, 4) is 0 Å². The summed E-state index contributed by atoms with van der Waals surface area (Å²) >= 11 is 0. The Bertz CT molecular complexity index is 797. The van der Waals surface area contributed by atoms with Crippen LogP contribution in [0.25, 0.3) is 0 Å². The smallest absolute Gasteiger partial charge is 0.150 e. The van der Waals surface area contributed by atoms with Crippen LogP contribution in [0, 0.1) is 5.92 Å². The second kappa shape index (κ2) is 8.01. The number of nitrogens with one attached hydrogen (secondary N) is 2. The van der Waals surface area contributed by atoms with E-state index in [4.69, 9.17) is 0 Å². The van der Waals surface area contributed by atoms with Crippen molar-refractivity contribution >= 4 is 11.6 Å². The van der Waals surface area contributed by atoms with Gasteiger partial charge in [0.15, 0.2) is 0 Å². The van der Waals surface area contributed by atoms with Crippen molar-refractivity contribution in [1.29, 1.82) is 0 Å². The molecule has 1 aliphatic rings. The van der Waals surface area contributed by atoms with Gasteiger partial charge in [-0.3, -0.25) is 15.0 Å². The number of aromatic nitrogens is 6. The van der Waals surface area contributed by atoms with Crippen molar-refractivity contribution < 1.29 is 0 Å². The zero-order valence-electron chi connectivity index (χ0n) is 14.5. The Morgan fingerprint density at radius 3 is 2.77 bits per heavy atom. The van der Waals surface area contributed by atoms with E-state index in [1.807, 2.05) is 18.3 Å². The molecule has 0 aliphatic carbocycles. The van der Waals surface area contributed by atoms with Gasteiger partial charge >= 0.3 is 0 Å². The van der Waals surface area contributed by atoms with Crippen LogP contribution < -0.4 is 5.32 Å². The fourth-order valence-electron chi connectivity index (χ4n) is 3.33. The third-order valence-electron chi connectivity index (χ3n) is 4.70. The van der Waals surface area contributed by atoms with E-state index < -0.39 is 0 Å². The molecule has 0 bridgehead atoms. The molecule has 2 N–H and O–H groups in total. The summed E-state index contributed by atoms with van der Waals surface area (Å²) in [7, 11) is 0. The molecule has 1 aliphatic heterocycles. The Balaban J connectivity index is 1.30. The Hall–Kier alpha value is -2.87. The lowest BCUT2D eigenvalue weighted by Crippen LogP contribution is -2.34. The largest absolute Gasteiger partial charge is 0.324 e. The Morgan fingerprint density at radius 2 is 2.00 bits per heavy atom. The van der Waals surface area contributed by atoms with E-state index in [0.717, 1.165) is 37.6 Å². The molecule has 3 aromatic rings. The maximum atomic E-state index is 4.44. The molecule has 0 aromatic carbocycles. The number of nitrogens with zero attached hydrogens (tertiary/aromatic N) is 6. The standard InChI is InChI=1S/C18H22N8/c1-4-23-25-15(1)12-26-7-2-14(3-8-26)9-16-10-17(22-13-21-16)24-18-11-19-5-6-20-18/h1,4-6,10-11,13-14H,2-3,7-9,12H2,(H,23,25)(H,20,21,22,24). The van der Waals surface area contributed by atoms with Gasteiger partial charge in [0.05, 0.1) is 6.20 Å². The monoisotopic (exact) mass is 350 g/mol. The summed E-state index contributed by atoms with van der Waals surface area (Å²) in [4.78, 5) is 19.5. The molecule has 3 aromatic heterocycles. The SMILES string of the molecule is c1cnc(Nc2cc(CC3CCN(Cc4ccn[nH]4)CC3)ncn2)cn1. The molecule has 1 saturated heterocycles. The van der Waals surface area contributed by atoms with Crippen LogP contribution in [0.15, 0.2) is 43.2 Å². The van der Waals surface area contributed by atoms with Crippen LogP contribution in [-0.2, 0) is 13.0 Å². The number of H-pyrrole nitrogens is 1. The Labute approximate surface area is 152 Å². The van der Waals surface area contributed by atoms with Gasteiger partial charge in [-0.15, -0.1) is 0 Å². The second-order valence-electron chi connectivity index (χ2n) is 6.62. The molecule has 0 saturated carbocycles. The summed E-state index contributed by atoms with van der Waals surface area (Å²) in [5, 5.41) is 10.2. The normalized spacial score (nSPS) is 15.8. The average molecular weight is 350 g/mol. The van der Waals surface area contributed by atoms with E-state index in [2.05, 4.69) is 40.3 Å². The predicted octanol–water partition coefficient (Wildman–Crippen LogP) is 2.19. The van der Waals surface area contributed by atoms with Gasteiger partial charge in [-0.2, -0.15) is 5.10 Å². The molecule has 0 spiro atoms. The number of anilines is 2. The van der Waals surface area contributed by atoms with E-state index in [0.29, 0.717) is 11.7 Å². The molecule has 0 unspecified atom stereocenters. The van der Waals surface area contributed by atoms with E-state index in [1.54, 1.807) is 24.9 Å². The topological polar surface area (TPSA) is 95.5 Å². The summed E-state index contributed by atoms with van der Waals surface area (Å²) in [5.41, 5.74) is 2.25. The van der Waals surface area contributed by atoms with Crippen molar-refractivity contribution in [2.24, 2.45) is 5.92 Å². The van der Waals surface area contributed by atoms with Gasteiger partial charge in [-0.1, -0.05) is 0 Å². The molecule has 0 radical (unpaired) electrons. The summed E-state index contributed by atoms with van der Waals surface area (Å²) in [5.74, 6) is 2.10. The molecular weight excluding hydrogens is 328 g/mol. The lowest BCUT2D eigenvalue weighted by atomic mass is 9.92. The van der Waals surface area contributed by atoms with Crippen molar-refractivity contribution in [3.05, 3.63) is 54.6 Å². The molecular formula is C18H22N8. The van der Waals surface area contributed by atoms with Crippen molar-refractivity contribution in [3.63, 3.8) is 0 Å². The molecule has 134 valence electrons. The zero-order chi connectivity index (χ0) is 17.6. The summed E-state index contributed by atoms with van der Waals surface area (Å²) in [6.45, 7) is 3.17. The van der Waals surface area contributed by atoms with Crippen LogP contribution in [0.1, 0.15) is 24.2 Å². The Morgan fingerprint density at radius 1 is 1.08 bits per heavy atom.